The van der Waals surface area contributed by atoms with Crippen molar-refractivity contribution in [2.45, 2.75) is 26.3 Å². The molecule has 0 amide bonds. The predicted molar refractivity (Wildman–Crippen MR) is 94.1 cm³/mol. The minimum atomic E-state index is 0.566. The van der Waals surface area contributed by atoms with Gasteiger partial charge in [0.1, 0.15) is 0 Å². The minimum absolute atomic E-state index is 0.566. The number of rotatable bonds is 8. The van der Waals surface area contributed by atoms with Crippen LogP contribution in [0.2, 0.25) is 0 Å². The van der Waals surface area contributed by atoms with Gasteiger partial charge < -0.3 is 19.7 Å². The van der Waals surface area contributed by atoms with Crippen LogP contribution in [0.3, 0.4) is 0 Å². The SMILES string of the molecule is CCc1nc(CNC(=NC)N2CCC(COCCOC)C2)cs1. The van der Waals surface area contributed by atoms with Gasteiger partial charge in [-0.25, -0.2) is 4.98 Å². The first-order valence-corrected chi connectivity index (χ1v) is 9.10. The van der Waals surface area contributed by atoms with Gasteiger partial charge in [0, 0.05) is 38.5 Å². The van der Waals surface area contributed by atoms with Crippen LogP contribution in [-0.2, 0) is 22.4 Å². The molecule has 1 aliphatic rings. The van der Waals surface area contributed by atoms with E-state index in [9.17, 15) is 0 Å². The first kappa shape index (κ1) is 18.2. The summed E-state index contributed by atoms with van der Waals surface area (Å²) in [5.74, 6) is 1.52. The molecule has 1 aliphatic heterocycles. The van der Waals surface area contributed by atoms with Gasteiger partial charge >= 0.3 is 0 Å². The predicted octanol–water partition coefficient (Wildman–Crippen LogP) is 1.77. The maximum Gasteiger partial charge on any atom is 0.193 e. The molecule has 1 aromatic heterocycles. The van der Waals surface area contributed by atoms with E-state index in [1.807, 2.05) is 7.05 Å². The Hall–Kier alpha value is -1.18. The summed E-state index contributed by atoms with van der Waals surface area (Å²) in [6.45, 7) is 7.00. The number of aryl methyl sites for hydroxylation is 1. The van der Waals surface area contributed by atoms with E-state index in [0.717, 1.165) is 50.7 Å². The van der Waals surface area contributed by atoms with E-state index >= 15 is 0 Å². The topological polar surface area (TPSA) is 59.0 Å². The summed E-state index contributed by atoms with van der Waals surface area (Å²) >= 11 is 1.72. The van der Waals surface area contributed by atoms with Gasteiger partial charge in [-0.1, -0.05) is 6.92 Å². The first-order chi connectivity index (χ1) is 11.3. The molecule has 0 saturated carbocycles. The number of thiazole rings is 1. The van der Waals surface area contributed by atoms with Crippen molar-refractivity contribution in [3.8, 4) is 0 Å². The van der Waals surface area contributed by atoms with Crippen LogP contribution in [0, 0.1) is 5.92 Å². The Bertz CT molecular complexity index is 492. The summed E-state index contributed by atoms with van der Waals surface area (Å²) in [5, 5.41) is 6.73. The Morgan fingerprint density at radius 2 is 2.39 bits per heavy atom. The lowest BCUT2D eigenvalue weighted by Crippen LogP contribution is -2.40. The first-order valence-electron chi connectivity index (χ1n) is 8.22. The molecule has 0 aromatic carbocycles. The highest BCUT2D eigenvalue weighted by atomic mass is 32.1. The average Bonchev–Trinajstić information content (AvgIpc) is 3.22. The third-order valence-electron chi connectivity index (χ3n) is 3.91. The summed E-state index contributed by atoms with van der Waals surface area (Å²) in [6, 6.07) is 0. The highest BCUT2D eigenvalue weighted by Crippen LogP contribution is 2.17. The van der Waals surface area contributed by atoms with Crippen LogP contribution >= 0.6 is 11.3 Å². The fraction of sp³-hybridized carbons (Fsp3) is 0.750. The number of nitrogens with one attached hydrogen (secondary N) is 1. The van der Waals surface area contributed by atoms with Crippen molar-refractivity contribution in [1.29, 1.82) is 0 Å². The summed E-state index contributed by atoms with van der Waals surface area (Å²) in [5.41, 5.74) is 1.09. The molecule has 130 valence electrons. The molecule has 0 radical (unpaired) electrons. The van der Waals surface area contributed by atoms with E-state index in [1.54, 1.807) is 18.4 Å². The Morgan fingerprint density at radius 3 is 3.09 bits per heavy atom. The highest BCUT2D eigenvalue weighted by molar-refractivity contribution is 7.09. The summed E-state index contributed by atoms with van der Waals surface area (Å²) in [4.78, 5) is 11.3. The van der Waals surface area contributed by atoms with Crippen LogP contribution in [0.1, 0.15) is 24.0 Å². The molecule has 0 spiro atoms. The monoisotopic (exact) mass is 340 g/mol. The molecule has 2 rings (SSSR count). The van der Waals surface area contributed by atoms with Crippen molar-refractivity contribution in [2.24, 2.45) is 10.9 Å². The quantitative estimate of drug-likeness (QED) is 0.444. The van der Waals surface area contributed by atoms with Gasteiger partial charge in [0.05, 0.1) is 37.1 Å². The van der Waals surface area contributed by atoms with E-state index in [1.165, 1.54) is 5.01 Å². The Labute approximate surface area is 142 Å². The van der Waals surface area contributed by atoms with Crippen LogP contribution in [0.25, 0.3) is 0 Å². The van der Waals surface area contributed by atoms with Crippen LogP contribution in [0.4, 0.5) is 0 Å². The molecule has 2 heterocycles. The second kappa shape index (κ2) is 9.85. The van der Waals surface area contributed by atoms with Gasteiger partial charge in [-0.2, -0.15) is 0 Å². The number of aromatic nitrogens is 1. The molecular formula is C16H28N4O2S. The number of ether oxygens (including phenoxy) is 2. The molecular weight excluding hydrogens is 312 g/mol. The minimum Gasteiger partial charge on any atom is -0.382 e. The van der Waals surface area contributed by atoms with Crippen molar-refractivity contribution in [1.82, 2.24) is 15.2 Å². The molecule has 0 aliphatic carbocycles. The molecule has 1 saturated heterocycles. The molecule has 6 nitrogen and oxygen atoms in total. The van der Waals surface area contributed by atoms with E-state index in [2.05, 4.69) is 32.5 Å². The second-order valence-corrected chi connectivity index (χ2v) is 6.60. The lowest BCUT2D eigenvalue weighted by molar-refractivity contribution is 0.0536. The lowest BCUT2D eigenvalue weighted by Gasteiger charge is -2.21. The standard InChI is InChI=1S/C16H28N4O2S/c1-4-15-19-14(12-23-15)9-18-16(17-2)20-6-5-13(10-20)11-22-8-7-21-3/h12-13H,4-11H2,1-3H3,(H,17,18). The van der Waals surface area contributed by atoms with Gasteiger partial charge in [-0.05, 0) is 12.8 Å². The van der Waals surface area contributed by atoms with E-state index in [-0.39, 0.29) is 0 Å². The number of guanidine groups is 1. The summed E-state index contributed by atoms with van der Waals surface area (Å²) in [6.07, 6.45) is 2.14. The highest BCUT2D eigenvalue weighted by Gasteiger charge is 2.24. The lowest BCUT2D eigenvalue weighted by atomic mass is 10.1. The molecule has 1 atom stereocenters. The number of nitrogens with zero attached hydrogens (tertiary/aromatic N) is 3. The van der Waals surface area contributed by atoms with Gasteiger partial charge in [0.15, 0.2) is 5.96 Å². The van der Waals surface area contributed by atoms with Crippen molar-refractivity contribution >= 4 is 17.3 Å². The van der Waals surface area contributed by atoms with Gasteiger partial charge in [-0.3, -0.25) is 4.99 Å². The fourth-order valence-electron chi connectivity index (χ4n) is 2.65. The van der Waals surface area contributed by atoms with Crippen molar-refractivity contribution in [3.05, 3.63) is 16.1 Å². The van der Waals surface area contributed by atoms with Crippen LogP contribution in [0.15, 0.2) is 10.4 Å². The number of hydrogen-bond acceptors (Lipinski definition) is 5. The molecule has 1 N–H and O–H groups in total. The maximum atomic E-state index is 5.64. The molecule has 1 unspecified atom stereocenters. The zero-order valence-corrected chi connectivity index (χ0v) is 15.2. The number of methoxy groups -OCH3 is 1. The molecule has 23 heavy (non-hydrogen) atoms. The van der Waals surface area contributed by atoms with Crippen LogP contribution in [0.5, 0.6) is 0 Å². The van der Waals surface area contributed by atoms with E-state index in [4.69, 9.17) is 9.47 Å². The van der Waals surface area contributed by atoms with Crippen LogP contribution < -0.4 is 5.32 Å². The normalized spacial score (nSPS) is 18.7. The van der Waals surface area contributed by atoms with E-state index in [0.29, 0.717) is 19.1 Å². The van der Waals surface area contributed by atoms with Crippen molar-refractivity contribution in [3.63, 3.8) is 0 Å². The van der Waals surface area contributed by atoms with Crippen LogP contribution in [-0.4, -0.2) is 62.9 Å². The zero-order chi connectivity index (χ0) is 16.5. The van der Waals surface area contributed by atoms with Gasteiger partial charge in [0.2, 0.25) is 0 Å². The molecule has 0 bridgehead atoms. The second-order valence-electron chi connectivity index (χ2n) is 5.66. The van der Waals surface area contributed by atoms with Gasteiger partial charge in [-0.15, -0.1) is 11.3 Å². The Morgan fingerprint density at radius 1 is 1.52 bits per heavy atom. The summed E-state index contributed by atoms with van der Waals surface area (Å²) < 4.78 is 10.6. The van der Waals surface area contributed by atoms with Gasteiger partial charge in [0.25, 0.3) is 0 Å². The third-order valence-corrected chi connectivity index (χ3v) is 4.95. The van der Waals surface area contributed by atoms with Crippen molar-refractivity contribution in [2.75, 3.05) is 47.1 Å². The molecule has 7 heteroatoms. The largest absolute Gasteiger partial charge is 0.382 e. The Balaban J connectivity index is 1.73. The number of aliphatic imine (C=N–C) groups is 1. The maximum absolute atomic E-state index is 5.64. The molecule has 1 fully saturated rings. The molecule has 1 aromatic rings. The van der Waals surface area contributed by atoms with Crippen molar-refractivity contribution < 1.29 is 9.47 Å². The zero-order valence-electron chi connectivity index (χ0n) is 14.4. The number of hydrogen-bond donors (Lipinski definition) is 1. The smallest absolute Gasteiger partial charge is 0.193 e. The Kier molecular flexibility index (Phi) is 7.78. The third kappa shape index (κ3) is 5.75. The number of likely N-dealkylation sites (tertiary alicyclic amines) is 1. The summed E-state index contributed by atoms with van der Waals surface area (Å²) in [7, 11) is 3.53. The fourth-order valence-corrected chi connectivity index (χ4v) is 3.39. The average molecular weight is 340 g/mol. The van der Waals surface area contributed by atoms with E-state index < -0.39 is 0 Å².